The van der Waals surface area contributed by atoms with Crippen LogP contribution in [0.2, 0.25) is 0 Å². The number of carbonyl (C=O) groups is 1. The lowest BCUT2D eigenvalue weighted by atomic mass is 10.3. The van der Waals surface area contributed by atoms with Crippen LogP contribution in [0.15, 0.2) is 48.9 Å². The van der Waals surface area contributed by atoms with Crippen LogP contribution < -0.4 is 5.32 Å². The van der Waals surface area contributed by atoms with Crippen molar-refractivity contribution in [2.75, 3.05) is 5.32 Å². The largest absolute Gasteiger partial charge is 0.477 e. The van der Waals surface area contributed by atoms with Gasteiger partial charge in [-0.15, -0.1) is 0 Å². The molecule has 3 aromatic rings. The first-order chi connectivity index (χ1) is 10.2. The van der Waals surface area contributed by atoms with Gasteiger partial charge < -0.3 is 15.4 Å². The summed E-state index contributed by atoms with van der Waals surface area (Å²) < 4.78 is 0. The van der Waals surface area contributed by atoms with E-state index in [0.29, 0.717) is 17.3 Å². The Morgan fingerprint density at radius 2 is 2.00 bits per heavy atom. The number of aromatic carboxylic acids is 1. The van der Waals surface area contributed by atoms with Crippen molar-refractivity contribution in [2.24, 2.45) is 0 Å². The lowest BCUT2D eigenvalue weighted by Crippen LogP contribution is -1.99. The maximum atomic E-state index is 10.9. The number of rotatable bonds is 4. The Hall–Kier alpha value is -3.22. The van der Waals surface area contributed by atoms with E-state index < -0.39 is 5.97 Å². The molecule has 104 valence electrons. The van der Waals surface area contributed by atoms with Gasteiger partial charge in [-0.05, 0) is 18.2 Å². The number of aromatic nitrogens is 4. The lowest BCUT2D eigenvalue weighted by Gasteiger charge is -2.04. The quantitative estimate of drug-likeness (QED) is 0.678. The van der Waals surface area contributed by atoms with Crippen LogP contribution in [-0.4, -0.2) is 31.0 Å². The lowest BCUT2D eigenvalue weighted by molar-refractivity contribution is 0.0691. The van der Waals surface area contributed by atoms with E-state index >= 15 is 0 Å². The number of benzene rings is 1. The highest BCUT2D eigenvalue weighted by atomic mass is 16.4. The van der Waals surface area contributed by atoms with Gasteiger partial charge in [0.25, 0.3) is 0 Å². The highest BCUT2D eigenvalue weighted by Crippen LogP contribution is 2.18. The van der Waals surface area contributed by atoms with Gasteiger partial charge in [-0.2, -0.15) is 4.98 Å². The third-order valence-corrected chi connectivity index (χ3v) is 2.77. The van der Waals surface area contributed by atoms with Crippen molar-refractivity contribution >= 4 is 17.6 Å². The second-order valence-electron chi connectivity index (χ2n) is 4.23. The third kappa shape index (κ3) is 2.86. The number of hydrogen-bond acceptors (Lipinski definition) is 5. The number of aromatic amines is 1. The Morgan fingerprint density at radius 3 is 2.71 bits per heavy atom. The average Bonchev–Trinajstić information content (AvgIpc) is 2.99. The van der Waals surface area contributed by atoms with Crippen LogP contribution in [0.4, 0.5) is 11.6 Å². The summed E-state index contributed by atoms with van der Waals surface area (Å²) in [7, 11) is 0. The molecule has 7 heteroatoms. The number of carboxylic acids is 1. The van der Waals surface area contributed by atoms with E-state index in [1.54, 1.807) is 6.20 Å². The molecule has 0 unspecified atom stereocenters. The molecule has 0 saturated heterocycles. The van der Waals surface area contributed by atoms with E-state index in [1.165, 1.54) is 12.4 Å². The van der Waals surface area contributed by atoms with Crippen molar-refractivity contribution in [3.63, 3.8) is 0 Å². The number of anilines is 2. The van der Waals surface area contributed by atoms with Crippen molar-refractivity contribution in [1.82, 2.24) is 19.9 Å². The van der Waals surface area contributed by atoms with Gasteiger partial charge >= 0.3 is 5.97 Å². The molecule has 0 bridgehead atoms. The fraction of sp³-hybridized carbons (Fsp3) is 0. The molecular formula is C14H11N5O2. The van der Waals surface area contributed by atoms with E-state index in [1.807, 2.05) is 30.3 Å². The Bertz CT molecular complexity index is 770. The molecule has 0 aliphatic rings. The molecule has 0 fully saturated rings. The summed E-state index contributed by atoms with van der Waals surface area (Å²) in [5, 5.41) is 12.0. The van der Waals surface area contributed by atoms with Gasteiger partial charge in [0.15, 0.2) is 5.82 Å². The Morgan fingerprint density at radius 1 is 1.19 bits per heavy atom. The summed E-state index contributed by atoms with van der Waals surface area (Å²) in [6, 6.07) is 11.0. The Labute approximate surface area is 119 Å². The van der Waals surface area contributed by atoms with Crippen LogP contribution >= 0.6 is 0 Å². The maximum absolute atomic E-state index is 10.9. The molecule has 0 saturated carbocycles. The first-order valence-corrected chi connectivity index (χ1v) is 6.15. The van der Waals surface area contributed by atoms with Crippen molar-refractivity contribution in [2.45, 2.75) is 0 Å². The molecule has 0 atom stereocenters. The summed E-state index contributed by atoms with van der Waals surface area (Å²) in [5.41, 5.74) is 1.53. The van der Waals surface area contributed by atoms with Crippen LogP contribution in [-0.2, 0) is 0 Å². The molecule has 0 radical (unpaired) electrons. The van der Waals surface area contributed by atoms with Gasteiger partial charge in [0.1, 0.15) is 12.0 Å². The monoisotopic (exact) mass is 281 g/mol. The number of carboxylic acid groups (broad SMARTS) is 1. The molecule has 2 heterocycles. The van der Waals surface area contributed by atoms with Gasteiger partial charge in [-0.25, -0.2) is 14.8 Å². The molecule has 0 spiro atoms. The second kappa shape index (κ2) is 5.41. The highest BCUT2D eigenvalue weighted by Gasteiger charge is 2.10. The number of hydrogen-bond donors (Lipinski definition) is 3. The zero-order valence-corrected chi connectivity index (χ0v) is 10.8. The zero-order valence-electron chi connectivity index (χ0n) is 10.8. The van der Waals surface area contributed by atoms with Crippen LogP contribution in [0.1, 0.15) is 10.5 Å². The molecule has 21 heavy (non-hydrogen) atoms. The first-order valence-electron chi connectivity index (χ1n) is 6.15. The first kappa shape index (κ1) is 12.8. The Kier molecular flexibility index (Phi) is 3.30. The Balaban J connectivity index is 1.87. The van der Waals surface area contributed by atoms with Crippen molar-refractivity contribution < 1.29 is 9.90 Å². The minimum Gasteiger partial charge on any atom is -0.477 e. The van der Waals surface area contributed by atoms with Crippen molar-refractivity contribution in [3.8, 4) is 11.4 Å². The molecule has 3 rings (SSSR count). The summed E-state index contributed by atoms with van der Waals surface area (Å²) in [6.45, 7) is 0. The van der Waals surface area contributed by atoms with E-state index in [2.05, 4.69) is 25.3 Å². The fourth-order valence-corrected chi connectivity index (χ4v) is 1.79. The molecule has 1 aromatic carbocycles. The van der Waals surface area contributed by atoms with Crippen LogP contribution in [0, 0.1) is 0 Å². The SMILES string of the molecule is O=C(O)c1cc(-c2ncnc(Nc3ccccc3)n2)c[nH]1. The summed E-state index contributed by atoms with van der Waals surface area (Å²) in [6.07, 6.45) is 2.92. The van der Waals surface area contributed by atoms with Crippen molar-refractivity contribution in [3.05, 3.63) is 54.6 Å². The van der Waals surface area contributed by atoms with Crippen LogP contribution in [0.25, 0.3) is 11.4 Å². The third-order valence-electron chi connectivity index (χ3n) is 2.77. The molecule has 7 nitrogen and oxygen atoms in total. The predicted octanol–water partition coefficient (Wildman–Crippen LogP) is 2.31. The normalized spacial score (nSPS) is 10.3. The second-order valence-corrected chi connectivity index (χ2v) is 4.23. The van der Waals surface area contributed by atoms with Gasteiger partial charge in [0, 0.05) is 17.4 Å². The van der Waals surface area contributed by atoms with Crippen LogP contribution in [0.3, 0.4) is 0 Å². The minimum atomic E-state index is -1.03. The summed E-state index contributed by atoms with van der Waals surface area (Å²) in [4.78, 5) is 25.9. The van der Waals surface area contributed by atoms with Gasteiger partial charge in [-0.3, -0.25) is 0 Å². The molecule has 3 N–H and O–H groups in total. The predicted molar refractivity (Wildman–Crippen MR) is 76.3 cm³/mol. The number of para-hydroxylation sites is 1. The molecular weight excluding hydrogens is 270 g/mol. The molecule has 2 aromatic heterocycles. The minimum absolute atomic E-state index is 0.0861. The molecule has 0 amide bonds. The number of nitrogens with zero attached hydrogens (tertiary/aromatic N) is 3. The molecule has 0 aliphatic carbocycles. The standard InChI is InChI=1S/C14H11N5O2/c20-13(21)11-6-9(7-15-11)12-16-8-17-14(19-12)18-10-4-2-1-3-5-10/h1-8,15H,(H,20,21)(H,16,17,18,19). The summed E-state index contributed by atoms with van der Waals surface area (Å²) in [5.74, 6) is -0.241. The highest BCUT2D eigenvalue weighted by molar-refractivity contribution is 5.87. The molecule has 0 aliphatic heterocycles. The zero-order chi connectivity index (χ0) is 14.7. The fourth-order valence-electron chi connectivity index (χ4n) is 1.79. The number of nitrogens with one attached hydrogen (secondary N) is 2. The van der Waals surface area contributed by atoms with Crippen molar-refractivity contribution in [1.29, 1.82) is 0 Å². The van der Waals surface area contributed by atoms with Gasteiger partial charge in [0.05, 0.1) is 0 Å². The number of H-pyrrole nitrogens is 1. The van der Waals surface area contributed by atoms with E-state index in [9.17, 15) is 4.79 Å². The smallest absolute Gasteiger partial charge is 0.352 e. The topological polar surface area (TPSA) is 104 Å². The van der Waals surface area contributed by atoms with Gasteiger partial charge in [0.2, 0.25) is 5.95 Å². The van der Waals surface area contributed by atoms with Crippen LogP contribution in [0.5, 0.6) is 0 Å². The summed E-state index contributed by atoms with van der Waals surface area (Å²) >= 11 is 0. The maximum Gasteiger partial charge on any atom is 0.352 e. The van der Waals surface area contributed by atoms with E-state index in [0.717, 1.165) is 5.69 Å². The van der Waals surface area contributed by atoms with Gasteiger partial charge in [-0.1, -0.05) is 18.2 Å². The van der Waals surface area contributed by atoms with E-state index in [4.69, 9.17) is 5.11 Å². The van der Waals surface area contributed by atoms with E-state index in [-0.39, 0.29) is 5.69 Å². The average molecular weight is 281 g/mol.